The molecule has 0 atom stereocenters. The maximum atomic E-state index is 12.4. The SMILES string of the molecule is CCCc1cccc([C](C)C)c1OC(F)(F)F. The van der Waals surface area contributed by atoms with E-state index < -0.39 is 6.36 Å². The fourth-order valence-corrected chi connectivity index (χ4v) is 1.68. The summed E-state index contributed by atoms with van der Waals surface area (Å²) < 4.78 is 41.3. The lowest BCUT2D eigenvalue weighted by atomic mass is 9.97. The Morgan fingerprint density at radius 2 is 1.88 bits per heavy atom. The van der Waals surface area contributed by atoms with Crippen molar-refractivity contribution < 1.29 is 17.9 Å². The van der Waals surface area contributed by atoms with Gasteiger partial charge in [-0.1, -0.05) is 45.4 Å². The van der Waals surface area contributed by atoms with Crippen LogP contribution in [0, 0.1) is 5.92 Å². The van der Waals surface area contributed by atoms with E-state index in [4.69, 9.17) is 0 Å². The van der Waals surface area contributed by atoms with Crippen molar-refractivity contribution in [3.05, 3.63) is 35.2 Å². The van der Waals surface area contributed by atoms with E-state index in [1.165, 1.54) is 0 Å². The largest absolute Gasteiger partial charge is 0.573 e. The predicted molar refractivity (Wildman–Crippen MR) is 60.8 cm³/mol. The third-order valence-electron chi connectivity index (χ3n) is 2.37. The monoisotopic (exact) mass is 245 g/mol. The number of para-hydroxylation sites is 1. The van der Waals surface area contributed by atoms with E-state index in [-0.39, 0.29) is 5.75 Å². The Labute approximate surface area is 99.6 Å². The first-order valence-electron chi connectivity index (χ1n) is 5.53. The van der Waals surface area contributed by atoms with Crippen LogP contribution in [-0.2, 0) is 6.42 Å². The van der Waals surface area contributed by atoms with Crippen molar-refractivity contribution in [3.8, 4) is 5.75 Å². The molecular formula is C13H16F3O. The Morgan fingerprint density at radius 3 is 2.35 bits per heavy atom. The van der Waals surface area contributed by atoms with E-state index in [1.807, 2.05) is 6.92 Å². The van der Waals surface area contributed by atoms with E-state index in [0.29, 0.717) is 17.5 Å². The van der Waals surface area contributed by atoms with Crippen LogP contribution in [0.1, 0.15) is 38.3 Å². The van der Waals surface area contributed by atoms with Gasteiger partial charge in [0.25, 0.3) is 0 Å². The number of hydrogen-bond acceptors (Lipinski definition) is 1. The zero-order chi connectivity index (χ0) is 13.1. The molecule has 1 nitrogen and oxygen atoms in total. The third kappa shape index (κ3) is 3.95. The van der Waals surface area contributed by atoms with Crippen LogP contribution >= 0.6 is 0 Å². The molecule has 0 aromatic heterocycles. The predicted octanol–water partition coefficient (Wildman–Crippen LogP) is 4.50. The van der Waals surface area contributed by atoms with Crippen LogP contribution in [0.3, 0.4) is 0 Å². The minimum absolute atomic E-state index is 0.0538. The molecule has 1 aromatic rings. The summed E-state index contributed by atoms with van der Waals surface area (Å²) >= 11 is 0. The fourth-order valence-electron chi connectivity index (χ4n) is 1.68. The Bertz CT molecular complexity index is 369. The van der Waals surface area contributed by atoms with Crippen LogP contribution in [0.5, 0.6) is 5.75 Å². The zero-order valence-electron chi connectivity index (χ0n) is 10.2. The van der Waals surface area contributed by atoms with Crippen LogP contribution in [0.25, 0.3) is 0 Å². The molecule has 0 spiro atoms. The molecule has 17 heavy (non-hydrogen) atoms. The number of aryl methyl sites for hydroxylation is 1. The van der Waals surface area contributed by atoms with E-state index in [2.05, 4.69) is 4.74 Å². The van der Waals surface area contributed by atoms with Crippen LogP contribution in [0.15, 0.2) is 18.2 Å². The van der Waals surface area contributed by atoms with Gasteiger partial charge >= 0.3 is 6.36 Å². The lowest BCUT2D eigenvalue weighted by Gasteiger charge is -2.18. The molecule has 4 heteroatoms. The zero-order valence-corrected chi connectivity index (χ0v) is 10.2. The molecule has 0 N–H and O–H groups in total. The van der Waals surface area contributed by atoms with E-state index in [9.17, 15) is 13.2 Å². The number of halogens is 3. The van der Waals surface area contributed by atoms with Crippen LogP contribution < -0.4 is 4.74 Å². The van der Waals surface area contributed by atoms with Gasteiger partial charge in [-0.25, -0.2) is 0 Å². The minimum Gasteiger partial charge on any atom is -0.405 e. The second kappa shape index (κ2) is 5.43. The highest BCUT2D eigenvalue weighted by atomic mass is 19.4. The molecule has 0 aliphatic carbocycles. The van der Waals surface area contributed by atoms with Crippen molar-refractivity contribution in [1.29, 1.82) is 0 Å². The lowest BCUT2D eigenvalue weighted by Crippen LogP contribution is -2.19. The molecule has 95 valence electrons. The second-order valence-electron chi connectivity index (χ2n) is 4.09. The maximum absolute atomic E-state index is 12.4. The Balaban J connectivity index is 3.18. The van der Waals surface area contributed by atoms with Gasteiger partial charge in [0.1, 0.15) is 5.75 Å². The summed E-state index contributed by atoms with van der Waals surface area (Å²) in [5.74, 6) is 0.754. The summed E-state index contributed by atoms with van der Waals surface area (Å²) in [5.41, 5.74) is 1.12. The van der Waals surface area contributed by atoms with Crippen LogP contribution in [0.4, 0.5) is 13.2 Å². The number of hydrogen-bond donors (Lipinski definition) is 0. The standard InChI is InChI=1S/C13H16F3O/c1-4-6-10-7-5-8-11(9(2)3)12(10)17-13(14,15)16/h5,7-8H,4,6H2,1-3H3. The van der Waals surface area contributed by atoms with Crippen molar-refractivity contribution >= 4 is 0 Å². The van der Waals surface area contributed by atoms with Gasteiger partial charge in [-0.3, -0.25) is 0 Å². The number of rotatable bonds is 4. The molecule has 0 heterocycles. The van der Waals surface area contributed by atoms with Gasteiger partial charge < -0.3 is 4.74 Å². The molecule has 1 radical (unpaired) electrons. The van der Waals surface area contributed by atoms with Gasteiger partial charge in [-0.15, -0.1) is 13.2 Å². The number of alkyl halides is 3. The molecule has 0 saturated carbocycles. The van der Waals surface area contributed by atoms with Crippen molar-refractivity contribution in [2.75, 3.05) is 0 Å². The minimum atomic E-state index is -4.64. The van der Waals surface area contributed by atoms with Gasteiger partial charge in [-0.05, 0) is 12.0 Å². The molecule has 0 amide bonds. The molecule has 0 saturated heterocycles. The summed E-state index contributed by atoms with van der Waals surface area (Å²) in [6, 6.07) is 5.09. The van der Waals surface area contributed by atoms with Crippen molar-refractivity contribution in [2.24, 2.45) is 0 Å². The normalized spacial score (nSPS) is 11.9. The van der Waals surface area contributed by atoms with Crippen molar-refractivity contribution in [1.82, 2.24) is 0 Å². The Hall–Kier alpha value is -1.19. The third-order valence-corrected chi connectivity index (χ3v) is 2.37. The average Bonchev–Trinajstić information content (AvgIpc) is 2.18. The molecule has 1 aromatic carbocycles. The first kappa shape index (κ1) is 13.9. The van der Waals surface area contributed by atoms with Crippen LogP contribution in [-0.4, -0.2) is 6.36 Å². The highest BCUT2D eigenvalue weighted by Crippen LogP contribution is 2.34. The first-order valence-corrected chi connectivity index (χ1v) is 5.53. The van der Waals surface area contributed by atoms with E-state index in [0.717, 1.165) is 12.3 Å². The van der Waals surface area contributed by atoms with E-state index >= 15 is 0 Å². The molecule has 1 rings (SSSR count). The van der Waals surface area contributed by atoms with Gasteiger partial charge in [0.2, 0.25) is 0 Å². The molecule has 0 aliphatic heterocycles. The summed E-state index contributed by atoms with van der Waals surface area (Å²) in [5, 5.41) is 0. The first-order chi connectivity index (χ1) is 7.85. The maximum Gasteiger partial charge on any atom is 0.573 e. The molecule has 0 unspecified atom stereocenters. The fraction of sp³-hybridized carbons (Fsp3) is 0.462. The molecule has 0 fully saturated rings. The van der Waals surface area contributed by atoms with E-state index in [1.54, 1.807) is 32.0 Å². The van der Waals surface area contributed by atoms with Gasteiger partial charge in [0.05, 0.1) is 0 Å². The summed E-state index contributed by atoms with van der Waals surface area (Å²) in [6.07, 6.45) is -3.29. The topological polar surface area (TPSA) is 9.23 Å². The van der Waals surface area contributed by atoms with Gasteiger partial charge in [0, 0.05) is 11.5 Å². The molecule has 0 aliphatic rings. The molecule has 0 bridgehead atoms. The number of ether oxygens (including phenoxy) is 1. The quantitative estimate of drug-likeness (QED) is 0.758. The van der Waals surface area contributed by atoms with Crippen molar-refractivity contribution in [2.45, 2.75) is 40.0 Å². The summed E-state index contributed by atoms with van der Waals surface area (Å²) in [6.45, 7) is 5.47. The highest BCUT2D eigenvalue weighted by Gasteiger charge is 2.33. The average molecular weight is 245 g/mol. The smallest absolute Gasteiger partial charge is 0.405 e. The summed E-state index contributed by atoms with van der Waals surface area (Å²) in [4.78, 5) is 0. The van der Waals surface area contributed by atoms with Crippen molar-refractivity contribution in [3.63, 3.8) is 0 Å². The Morgan fingerprint density at radius 1 is 1.24 bits per heavy atom. The van der Waals surface area contributed by atoms with Crippen LogP contribution in [0.2, 0.25) is 0 Å². The second-order valence-corrected chi connectivity index (χ2v) is 4.09. The molecular weight excluding hydrogens is 229 g/mol. The lowest BCUT2D eigenvalue weighted by molar-refractivity contribution is -0.275. The highest BCUT2D eigenvalue weighted by molar-refractivity contribution is 5.48. The Kier molecular flexibility index (Phi) is 4.43. The summed E-state index contributed by atoms with van der Waals surface area (Å²) in [7, 11) is 0. The van der Waals surface area contributed by atoms with Gasteiger partial charge in [0.15, 0.2) is 0 Å². The van der Waals surface area contributed by atoms with Gasteiger partial charge in [-0.2, -0.15) is 0 Å². The number of benzene rings is 1.